The van der Waals surface area contributed by atoms with Gasteiger partial charge < -0.3 is 10.4 Å². The van der Waals surface area contributed by atoms with Crippen molar-refractivity contribution in [3.05, 3.63) is 33.3 Å². The van der Waals surface area contributed by atoms with E-state index >= 15 is 0 Å². The van der Waals surface area contributed by atoms with Crippen molar-refractivity contribution in [3.63, 3.8) is 0 Å². The van der Waals surface area contributed by atoms with Gasteiger partial charge in [0.05, 0.1) is 0 Å². The molecular formula is C13H17BrClNO. The van der Waals surface area contributed by atoms with Crippen molar-refractivity contribution in [2.45, 2.75) is 25.8 Å². The van der Waals surface area contributed by atoms with Crippen LogP contribution in [0.2, 0.25) is 5.02 Å². The fourth-order valence-corrected chi connectivity index (χ4v) is 2.88. The zero-order valence-corrected chi connectivity index (χ0v) is 12.0. The molecule has 0 saturated heterocycles. The summed E-state index contributed by atoms with van der Waals surface area (Å²) in [5, 5.41) is 13.2. The van der Waals surface area contributed by atoms with Crippen molar-refractivity contribution in [1.29, 1.82) is 0 Å². The SMILES string of the molecule is OCCC1(CNCc2ccc(Cl)cc2Br)CC1. The van der Waals surface area contributed by atoms with E-state index < -0.39 is 0 Å². The molecule has 2 nitrogen and oxygen atoms in total. The molecule has 1 saturated carbocycles. The maximum absolute atomic E-state index is 8.98. The average molecular weight is 319 g/mol. The van der Waals surface area contributed by atoms with E-state index in [4.69, 9.17) is 16.7 Å². The Labute approximate surface area is 115 Å². The first-order valence-electron chi connectivity index (χ1n) is 5.91. The lowest BCUT2D eigenvalue weighted by molar-refractivity contribution is 0.245. The summed E-state index contributed by atoms with van der Waals surface area (Å²) in [6.45, 7) is 2.12. The van der Waals surface area contributed by atoms with E-state index in [9.17, 15) is 0 Å². The molecular weight excluding hydrogens is 302 g/mol. The molecule has 1 fully saturated rings. The molecule has 94 valence electrons. The first-order chi connectivity index (χ1) is 8.15. The van der Waals surface area contributed by atoms with E-state index in [2.05, 4.69) is 21.2 Å². The quantitative estimate of drug-likeness (QED) is 0.843. The van der Waals surface area contributed by atoms with Crippen LogP contribution in [0.3, 0.4) is 0 Å². The standard InChI is InChI=1S/C13H17BrClNO/c14-12-7-11(15)2-1-10(12)8-16-9-13(3-4-13)5-6-17/h1-2,7,16-17H,3-6,8-9H2. The van der Waals surface area contributed by atoms with Gasteiger partial charge in [0.25, 0.3) is 0 Å². The van der Waals surface area contributed by atoms with Gasteiger partial charge in [0.15, 0.2) is 0 Å². The third-order valence-corrected chi connectivity index (χ3v) is 4.40. The highest BCUT2D eigenvalue weighted by Gasteiger charge is 2.41. The zero-order valence-electron chi connectivity index (χ0n) is 9.68. The molecule has 1 aromatic rings. The van der Waals surface area contributed by atoms with Crippen LogP contribution in [0.25, 0.3) is 0 Å². The lowest BCUT2D eigenvalue weighted by atomic mass is 10.0. The molecule has 1 aromatic carbocycles. The summed E-state index contributed by atoms with van der Waals surface area (Å²) < 4.78 is 1.05. The van der Waals surface area contributed by atoms with Crippen molar-refractivity contribution in [2.24, 2.45) is 5.41 Å². The van der Waals surface area contributed by atoms with Gasteiger partial charge in [-0.2, -0.15) is 0 Å². The third kappa shape index (κ3) is 3.68. The molecule has 2 rings (SSSR count). The van der Waals surface area contributed by atoms with Crippen LogP contribution in [0.1, 0.15) is 24.8 Å². The van der Waals surface area contributed by atoms with Crippen LogP contribution < -0.4 is 5.32 Å². The van der Waals surface area contributed by atoms with E-state index in [-0.39, 0.29) is 0 Å². The van der Waals surface area contributed by atoms with Crippen LogP contribution in [-0.4, -0.2) is 18.3 Å². The molecule has 0 radical (unpaired) electrons. The predicted octanol–water partition coefficient (Wildman–Crippen LogP) is 3.35. The van der Waals surface area contributed by atoms with E-state index in [0.29, 0.717) is 12.0 Å². The summed E-state index contributed by atoms with van der Waals surface area (Å²) in [4.78, 5) is 0. The molecule has 0 heterocycles. The number of benzene rings is 1. The molecule has 0 aliphatic heterocycles. The van der Waals surface area contributed by atoms with Crippen molar-refractivity contribution in [1.82, 2.24) is 5.32 Å². The summed E-state index contributed by atoms with van der Waals surface area (Å²) in [6.07, 6.45) is 3.40. The summed E-state index contributed by atoms with van der Waals surface area (Å²) in [6, 6.07) is 5.86. The van der Waals surface area contributed by atoms with E-state index in [1.807, 2.05) is 18.2 Å². The Bertz CT molecular complexity index is 393. The molecule has 1 aliphatic rings. The molecule has 0 unspecified atom stereocenters. The van der Waals surface area contributed by atoms with Gasteiger partial charge in [-0.15, -0.1) is 0 Å². The van der Waals surface area contributed by atoms with Crippen LogP contribution in [0, 0.1) is 5.41 Å². The molecule has 2 N–H and O–H groups in total. The largest absolute Gasteiger partial charge is 0.396 e. The van der Waals surface area contributed by atoms with Gasteiger partial charge in [-0.3, -0.25) is 0 Å². The number of aliphatic hydroxyl groups is 1. The Balaban J connectivity index is 1.82. The van der Waals surface area contributed by atoms with Crippen LogP contribution in [-0.2, 0) is 6.54 Å². The first kappa shape index (κ1) is 13.3. The Kier molecular flexibility index (Phi) is 4.47. The molecule has 4 heteroatoms. The highest BCUT2D eigenvalue weighted by molar-refractivity contribution is 9.10. The van der Waals surface area contributed by atoms with Gasteiger partial charge in [-0.1, -0.05) is 33.6 Å². The van der Waals surface area contributed by atoms with E-state index in [1.165, 1.54) is 18.4 Å². The first-order valence-corrected chi connectivity index (χ1v) is 7.08. The minimum atomic E-state index is 0.298. The fourth-order valence-electron chi connectivity index (χ4n) is 2.06. The van der Waals surface area contributed by atoms with E-state index in [1.54, 1.807) is 0 Å². The van der Waals surface area contributed by atoms with Gasteiger partial charge in [0.1, 0.15) is 0 Å². The predicted molar refractivity (Wildman–Crippen MR) is 74.2 cm³/mol. The number of halogens is 2. The highest BCUT2D eigenvalue weighted by atomic mass is 79.9. The maximum atomic E-state index is 8.98. The smallest absolute Gasteiger partial charge is 0.0436 e. The van der Waals surface area contributed by atoms with Gasteiger partial charge in [-0.25, -0.2) is 0 Å². The van der Waals surface area contributed by atoms with Crippen molar-refractivity contribution < 1.29 is 5.11 Å². The molecule has 0 amide bonds. The fraction of sp³-hybridized carbons (Fsp3) is 0.538. The molecule has 17 heavy (non-hydrogen) atoms. The summed E-state index contributed by atoms with van der Waals surface area (Å²) in [5.74, 6) is 0. The van der Waals surface area contributed by atoms with Gasteiger partial charge in [0.2, 0.25) is 0 Å². The Hall–Kier alpha value is -0.0900. The van der Waals surface area contributed by atoms with Crippen molar-refractivity contribution in [2.75, 3.05) is 13.2 Å². The van der Waals surface area contributed by atoms with Crippen LogP contribution >= 0.6 is 27.5 Å². The zero-order chi connectivity index (χ0) is 12.3. The number of hydrogen-bond acceptors (Lipinski definition) is 2. The molecule has 0 aromatic heterocycles. The lowest BCUT2D eigenvalue weighted by Crippen LogP contribution is -2.24. The minimum Gasteiger partial charge on any atom is -0.396 e. The van der Waals surface area contributed by atoms with E-state index in [0.717, 1.165) is 29.0 Å². The topological polar surface area (TPSA) is 32.3 Å². The summed E-state index contributed by atoms with van der Waals surface area (Å²) in [7, 11) is 0. The highest BCUT2D eigenvalue weighted by Crippen LogP contribution is 2.47. The normalized spacial score (nSPS) is 17.1. The number of rotatable bonds is 6. The molecule has 0 bridgehead atoms. The molecule has 0 spiro atoms. The number of nitrogens with one attached hydrogen (secondary N) is 1. The van der Waals surface area contributed by atoms with Gasteiger partial charge in [-0.05, 0) is 42.4 Å². The Morgan fingerprint density at radius 1 is 1.41 bits per heavy atom. The van der Waals surface area contributed by atoms with Gasteiger partial charge in [0, 0.05) is 29.2 Å². The second-order valence-corrected chi connectivity index (χ2v) is 6.10. The Morgan fingerprint density at radius 2 is 2.18 bits per heavy atom. The lowest BCUT2D eigenvalue weighted by Gasteiger charge is -2.15. The Morgan fingerprint density at radius 3 is 2.76 bits per heavy atom. The number of hydrogen-bond donors (Lipinski definition) is 2. The van der Waals surface area contributed by atoms with Gasteiger partial charge >= 0.3 is 0 Å². The van der Waals surface area contributed by atoms with Crippen molar-refractivity contribution in [3.8, 4) is 0 Å². The second-order valence-electron chi connectivity index (χ2n) is 4.81. The summed E-state index contributed by atoms with van der Waals surface area (Å²) in [5.41, 5.74) is 1.59. The second kappa shape index (κ2) is 5.70. The van der Waals surface area contributed by atoms with Crippen molar-refractivity contribution >= 4 is 27.5 Å². The maximum Gasteiger partial charge on any atom is 0.0436 e. The third-order valence-electron chi connectivity index (χ3n) is 3.43. The summed E-state index contributed by atoms with van der Waals surface area (Å²) >= 11 is 9.41. The number of aliphatic hydroxyl groups excluding tert-OH is 1. The van der Waals surface area contributed by atoms with Crippen LogP contribution in [0.5, 0.6) is 0 Å². The average Bonchev–Trinajstić information content (AvgIpc) is 3.02. The monoisotopic (exact) mass is 317 g/mol. The van der Waals surface area contributed by atoms with Crippen LogP contribution in [0.4, 0.5) is 0 Å². The minimum absolute atomic E-state index is 0.298. The molecule has 0 atom stereocenters. The van der Waals surface area contributed by atoms with Crippen LogP contribution in [0.15, 0.2) is 22.7 Å². The molecule has 1 aliphatic carbocycles.